The number of amides is 1. The molecule has 0 atom stereocenters. The Morgan fingerprint density at radius 2 is 1.64 bits per heavy atom. The van der Waals surface area contributed by atoms with Crippen molar-refractivity contribution >= 4 is 15.9 Å². The van der Waals surface area contributed by atoms with Crippen LogP contribution in [0.25, 0.3) is 0 Å². The predicted octanol–water partition coefficient (Wildman–Crippen LogP) is 2.58. The first-order valence-corrected chi connectivity index (χ1v) is 9.78. The van der Waals surface area contributed by atoms with Crippen molar-refractivity contribution in [2.45, 2.75) is 31.7 Å². The average Bonchev–Trinajstić information content (AvgIpc) is 2.61. The number of benzene rings is 2. The van der Waals surface area contributed by atoms with E-state index in [-0.39, 0.29) is 17.3 Å². The lowest BCUT2D eigenvalue weighted by Crippen LogP contribution is -2.37. The molecule has 1 amide bonds. The third-order valence-corrected chi connectivity index (χ3v) is 5.45. The molecule has 0 aromatic heterocycles. The number of sulfonamides is 1. The molecule has 25 heavy (non-hydrogen) atoms. The monoisotopic (exact) mass is 360 g/mol. The maximum absolute atomic E-state index is 12.3. The van der Waals surface area contributed by atoms with Gasteiger partial charge in [-0.1, -0.05) is 49.4 Å². The maximum Gasteiger partial charge on any atom is 0.240 e. The average molecular weight is 360 g/mol. The predicted molar refractivity (Wildman–Crippen MR) is 98.5 cm³/mol. The molecule has 2 aromatic rings. The van der Waals surface area contributed by atoms with Gasteiger partial charge in [-0.05, 0) is 29.7 Å². The van der Waals surface area contributed by atoms with Gasteiger partial charge in [-0.25, -0.2) is 13.1 Å². The van der Waals surface area contributed by atoms with Crippen LogP contribution in [0.1, 0.15) is 25.0 Å². The van der Waals surface area contributed by atoms with E-state index in [1.54, 1.807) is 17.0 Å². The number of hydrogen-bond donors (Lipinski definition) is 1. The molecule has 0 fully saturated rings. The van der Waals surface area contributed by atoms with Crippen LogP contribution in [0.15, 0.2) is 59.5 Å². The highest BCUT2D eigenvalue weighted by atomic mass is 32.2. The van der Waals surface area contributed by atoms with Crippen LogP contribution in [-0.2, 0) is 27.8 Å². The van der Waals surface area contributed by atoms with Gasteiger partial charge in [-0.15, -0.1) is 0 Å². The van der Waals surface area contributed by atoms with E-state index in [0.29, 0.717) is 13.1 Å². The summed E-state index contributed by atoms with van der Waals surface area (Å²) < 4.78 is 27.2. The largest absolute Gasteiger partial charge is 0.337 e. The van der Waals surface area contributed by atoms with Crippen molar-refractivity contribution in [3.63, 3.8) is 0 Å². The molecule has 5 nitrogen and oxygen atoms in total. The number of nitrogens with one attached hydrogen (secondary N) is 1. The molecule has 0 aliphatic heterocycles. The summed E-state index contributed by atoms with van der Waals surface area (Å²) in [4.78, 5) is 13.7. The fraction of sp³-hybridized carbons (Fsp3) is 0.316. The standard InChI is InChI=1S/C19H24N2O3S/c1-3-17-9-11-19(12-10-17)25(23,24)20-13-14-21(16(2)22)15-18-7-5-4-6-8-18/h4-12,20H,3,13-15H2,1-2H3. The van der Waals surface area contributed by atoms with Gasteiger partial charge >= 0.3 is 0 Å². The minimum atomic E-state index is -3.57. The molecule has 134 valence electrons. The number of hydrogen-bond acceptors (Lipinski definition) is 3. The van der Waals surface area contributed by atoms with E-state index in [0.717, 1.165) is 17.5 Å². The zero-order chi connectivity index (χ0) is 18.3. The number of carbonyl (C=O) groups is 1. The van der Waals surface area contributed by atoms with Crippen LogP contribution in [0.3, 0.4) is 0 Å². The van der Waals surface area contributed by atoms with Crippen LogP contribution in [0.4, 0.5) is 0 Å². The summed E-state index contributed by atoms with van der Waals surface area (Å²) in [7, 11) is -3.57. The van der Waals surface area contributed by atoms with Gasteiger partial charge in [0, 0.05) is 26.6 Å². The van der Waals surface area contributed by atoms with E-state index < -0.39 is 10.0 Å². The van der Waals surface area contributed by atoms with Gasteiger partial charge in [0.05, 0.1) is 4.90 Å². The van der Waals surface area contributed by atoms with Crippen LogP contribution in [0.5, 0.6) is 0 Å². The van der Waals surface area contributed by atoms with Crippen molar-refractivity contribution < 1.29 is 13.2 Å². The molecule has 0 unspecified atom stereocenters. The molecule has 2 aromatic carbocycles. The van der Waals surface area contributed by atoms with E-state index >= 15 is 0 Å². The number of carbonyl (C=O) groups excluding carboxylic acids is 1. The quantitative estimate of drug-likeness (QED) is 0.787. The Labute approximate surface area is 149 Å². The second kappa shape index (κ2) is 8.78. The SMILES string of the molecule is CCc1ccc(S(=O)(=O)NCCN(Cc2ccccc2)C(C)=O)cc1. The highest BCUT2D eigenvalue weighted by molar-refractivity contribution is 7.89. The molecular weight excluding hydrogens is 336 g/mol. The molecule has 0 radical (unpaired) electrons. The first-order valence-electron chi connectivity index (χ1n) is 8.30. The summed E-state index contributed by atoms with van der Waals surface area (Å²) in [6, 6.07) is 16.5. The molecule has 6 heteroatoms. The Balaban J connectivity index is 1.95. The fourth-order valence-electron chi connectivity index (χ4n) is 2.45. The summed E-state index contributed by atoms with van der Waals surface area (Å²) in [6.45, 7) is 4.45. The van der Waals surface area contributed by atoms with Crippen LogP contribution in [-0.4, -0.2) is 32.3 Å². The Morgan fingerprint density at radius 3 is 2.20 bits per heavy atom. The molecule has 0 spiro atoms. The third kappa shape index (κ3) is 5.69. The first-order chi connectivity index (χ1) is 11.9. The Hall–Kier alpha value is -2.18. The zero-order valence-corrected chi connectivity index (χ0v) is 15.4. The van der Waals surface area contributed by atoms with Crippen molar-refractivity contribution in [2.75, 3.05) is 13.1 Å². The van der Waals surface area contributed by atoms with E-state index in [1.165, 1.54) is 6.92 Å². The topological polar surface area (TPSA) is 66.5 Å². The van der Waals surface area contributed by atoms with Gasteiger partial charge < -0.3 is 4.90 Å². The smallest absolute Gasteiger partial charge is 0.240 e. The Bertz CT molecular complexity index is 787. The summed E-state index contributed by atoms with van der Waals surface area (Å²) in [5.74, 6) is -0.0876. The molecular formula is C19H24N2O3S. The molecule has 0 saturated carbocycles. The zero-order valence-electron chi connectivity index (χ0n) is 14.6. The van der Waals surface area contributed by atoms with Crippen molar-refractivity contribution in [1.82, 2.24) is 9.62 Å². The Kier molecular flexibility index (Phi) is 6.73. The number of rotatable bonds is 8. The van der Waals surface area contributed by atoms with Gasteiger partial charge in [-0.3, -0.25) is 4.79 Å². The highest BCUT2D eigenvalue weighted by Crippen LogP contribution is 2.11. The first kappa shape index (κ1) is 19.1. The van der Waals surface area contributed by atoms with Gasteiger partial charge in [0.2, 0.25) is 15.9 Å². The van der Waals surface area contributed by atoms with Crippen LogP contribution < -0.4 is 4.72 Å². The summed E-state index contributed by atoms with van der Waals surface area (Å²) >= 11 is 0. The van der Waals surface area contributed by atoms with Crippen molar-refractivity contribution in [3.8, 4) is 0 Å². The lowest BCUT2D eigenvalue weighted by Gasteiger charge is -2.21. The molecule has 1 N–H and O–H groups in total. The summed E-state index contributed by atoms with van der Waals surface area (Å²) in [5, 5.41) is 0. The second-order valence-corrected chi connectivity index (χ2v) is 7.59. The Morgan fingerprint density at radius 1 is 1.00 bits per heavy atom. The van der Waals surface area contributed by atoms with Gasteiger partial charge in [-0.2, -0.15) is 0 Å². The minimum absolute atomic E-state index is 0.0876. The summed E-state index contributed by atoms with van der Waals surface area (Å²) in [5.41, 5.74) is 2.10. The van der Waals surface area contributed by atoms with E-state index in [4.69, 9.17) is 0 Å². The fourth-order valence-corrected chi connectivity index (χ4v) is 3.48. The number of nitrogens with zero attached hydrogens (tertiary/aromatic N) is 1. The molecule has 0 saturated heterocycles. The van der Waals surface area contributed by atoms with E-state index in [2.05, 4.69) is 4.72 Å². The van der Waals surface area contributed by atoms with Crippen molar-refractivity contribution in [2.24, 2.45) is 0 Å². The minimum Gasteiger partial charge on any atom is -0.337 e. The second-order valence-electron chi connectivity index (χ2n) is 5.82. The molecule has 0 bridgehead atoms. The van der Waals surface area contributed by atoms with E-state index in [1.807, 2.05) is 49.4 Å². The maximum atomic E-state index is 12.3. The van der Waals surface area contributed by atoms with Crippen LogP contribution in [0, 0.1) is 0 Å². The lowest BCUT2D eigenvalue weighted by atomic mass is 10.2. The van der Waals surface area contributed by atoms with Crippen LogP contribution >= 0.6 is 0 Å². The number of aryl methyl sites for hydroxylation is 1. The van der Waals surface area contributed by atoms with Gasteiger partial charge in [0.1, 0.15) is 0 Å². The van der Waals surface area contributed by atoms with Gasteiger partial charge in [0.25, 0.3) is 0 Å². The van der Waals surface area contributed by atoms with Crippen molar-refractivity contribution in [3.05, 3.63) is 65.7 Å². The van der Waals surface area contributed by atoms with Gasteiger partial charge in [0.15, 0.2) is 0 Å². The molecule has 2 rings (SSSR count). The van der Waals surface area contributed by atoms with Crippen molar-refractivity contribution in [1.29, 1.82) is 0 Å². The highest BCUT2D eigenvalue weighted by Gasteiger charge is 2.15. The van der Waals surface area contributed by atoms with E-state index in [9.17, 15) is 13.2 Å². The lowest BCUT2D eigenvalue weighted by molar-refractivity contribution is -0.129. The molecule has 0 heterocycles. The molecule has 0 aliphatic rings. The normalized spacial score (nSPS) is 11.3. The third-order valence-electron chi connectivity index (χ3n) is 3.98. The molecule has 0 aliphatic carbocycles. The van der Waals surface area contributed by atoms with Crippen LogP contribution in [0.2, 0.25) is 0 Å². The summed E-state index contributed by atoms with van der Waals surface area (Å²) in [6.07, 6.45) is 0.862.